The molecule has 3 rings (SSSR count). The van der Waals surface area contributed by atoms with E-state index in [1.807, 2.05) is 0 Å². The van der Waals surface area contributed by atoms with Gasteiger partial charge in [0.15, 0.2) is 11.5 Å². The quantitative estimate of drug-likeness (QED) is 0.644. The van der Waals surface area contributed by atoms with Crippen LogP contribution in [0.4, 0.5) is 5.69 Å². The van der Waals surface area contributed by atoms with Gasteiger partial charge in [0, 0.05) is 5.39 Å². The zero-order valence-electron chi connectivity index (χ0n) is 8.82. The highest BCUT2D eigenvalue weighted by molar-refractivity contribution is 6.01. The van der Waals surface area contributed by atoms with Crippen LogP contribution in [0, 0.1) is 0 Å². The molecule has 0 bridgehead atoms. The first-order chi connectivity index (χ1) is 8.16. The smallest absolute Gasteiger partial charge is 0.352 e. The number of carboxylic acid groups (broad SMARTS) is 1. The summed E-state index contributed by atoms with van der Waals surface area (Å²) >= 11 is 0. The van der Waals surface area contributed by atoms with Crippen LogP contribution in [0.2, 0.25) is 0 Å². The molecule has 0 amide bonds. The van der Waals surface area contributed by atoms with Gasteiger partial charge in [0.1, 0.15) is 24.6 Å². The molecular weight excluding hydrogens is 224 g/mol. The number of rotatable bonds is 1. The molecule has 1 aromatic heterocycles. The van der Waals surface area contributed by atoms with E-state index in [1.165, 1.54) is 6.07 Å². The van der Waals surface area contributed by atoms with Crippen molar-refractivity contribution in [2.75, 3.05) is 18.9 Å². The highest BCUT2D eigenvalue weighted by Crippen LogP contribution is 2.41. The number of H-pyrrole nitrogens is 1. The van der Waals surface area contributed by atoms with Crippen molar-refractivity contribution in [3.8, 4) is 11.5 Å². The number of hydrogen-bond acceptors (Lipinski definition) is 4. The average Bonchev–Trinajstić information content (AvgIpc) is 2.74. The van der Waals surface area contributed by atoms with E-state index < -0.39 is 5.97 Å². The highest BCUT2D eigenvalue weighted by atomic mass is 16.6. The summed E-state index contributed by atoms with van der Waals surface area (Å²) in [5.74, 6) is 0.000126. The number of nitrogen functional groups attached to an aromatic ring is 1. The van der Waals surface area contributed by atoms with Crippen LogP contribution in [-0.4, -0.2) is 29.3 Å². The number of carboxylic acids is 1. The molecule has 17 heavy (non-hydrogen) atoms. The van der Waals surface area contributed by atoms with Crippen LogP contribution in [0.5, 0.6) is 11.5 Å². The van der Waals surface area contributed by atoms with Crippen LogP contribution in [0.3, 0.4) is 0 Å². The van der Waals surface area contributed by atoms with Gasteiger partial charge in [0.25, 0.3) is 0 Å². The Bertz CT molecular complexity index is 617. The SMILES string of the molecule is Nc1c2c(cc3cc(C(=O)O)[nH]c13)OCCO2. The third-order valence-electron chi connectivity index (χ3n) is 2.69. The summed E-state index contributed by atoms with van der Waals surface area (Å²) in [6, 6.07) is 3.25. The zero-order chi connectivity index (χ0) is 12.0. The van der Waals surface area contributed by atoms with Crippen LogP contribution >= 0.6 is 0 Å². The van der Waals surface area contributed by atoms with Crippen molar-refractivity contribution in [3.63, 3.8) is 0 Å². The topological polar surface area (TPSA) is 97.6 Å². The standard InChI is InChI=1S/C11H10N2O4/c12-8-9-5(3-6(13-9)11(14)15)4-7-10(8)17-2-1-16-7/h3-4,13H,1-2,12H2,(H,14,15). The van der Waals surface area contributed by atoms with E-state index in [4.69, 9.17) is 20.3 Å². The zero-order valence-corrected chi connectivity index (χ0v) is 8.82. The number of ether oxygens (including phenoxy) is 2. The number of carbonyl (C=O) groups is 1. The Morgan fingerprint density at radius 1 is 1.35 bits per heavy atom. The number of anilines is 1. The largest absolute Gasteiger partial charge is 0.486 e. The number of hydrogen-bond donors (Lipinski definition) is 3. The van der Waals surface area contributed by atoms with Gasteiger partial charge in [0.2, 0.25) is 0 Å². The maximum Gasteiger partial charge on any atom is 0.352 e. The molecule has 0 unspecified atom stereocenters. The lowest BCUT2D eigenvalue weighted by Gasteiger charge is -2.20. The molecule has 6 heteroatoms. The maximum atomic E-state index is 10.9. The number of fused-ring (bicyclic) bond motifs is 2. The minimum Gasteiger partial charge on any atom is -0.486 e. The summed E-state index contributed by atoms with van der Waals surface area (Å²) < 4.78 is 10.8. The highest BCUT2D eigenvalue weighted by Gasteiger charge is 2.20. The molecule has 4 N–H and O–H groups in total. The Labute approximate surface area is 95.9 Å². The van der Waals surface area contributed by atoms with Crippen LogP contribution in [-0.2, 0) is 0 Å². The second-order valence-corrected chi connectivity index (χ2v) is 3.77. The fourth-order valence-corrected chi connectivity index (χ4v) is 1.93. The summed E-state index contributed by atoms with van der Waals surface area (Å²) in [5, 5.41) is 9.61. The van der Waals surface area contributed by atoms with E-state index >= 15 is 0 Å². The maximum absolute atomic E-state index is 10.9. The fraction of sp³-hybridized carbons (Fsp3) is 0.182. The van der Waals surface area contributed by atoms with Gasteiger partial charge in [-0.1, -0.05) is 0 Å². The van der Waals surface area contributed by atoms with Crippen molar-refractivity contribution in [3.05, 3.63) is 17.8 Å². The van der Waals surface area contributed by atoms with Crippen molar-refractivity contribution < 1.29 is 19.4 Å². The van der Waals surface area contributed by atoms with E-state index in [9.17, 15) is 4.79 Å². The molecule has 6 nitrogen and oxygen atoms in total. The van der Waals surface area contributed by atoms with Crippen LogP contribution in [0.25, 0.3) is 10.9 Å². The van der Waals surface area contributed by atoms with Crippen LogP contribution in [0.15, 0.2) is 12.1 Å². The Morgan fingerprint density at radius 2 is 2.12 bits per heavy atom. The molecule has 88 valence electrons. The molecule has 2 aromatic rings. The second kappa shape index (κ2) is 3.31. The lowest BCUT2D eigenvalue weighted by Crippen LogP contribution is -2.16. The van der Waals surface area contributed by atoms with Crippen molar-refractivity contribution in [1.82, 2.24) is 4.98 Å². The van der Waals surface area contributed by atoms with Crippen molar-refractivity contribution in [2.24, 2.45) is 0 Å². The van der Waals surface area contributed by atoms with Gasteiger partial charge in [-0.05, 0) is 12.1 Å². The number of nitrogens with two attached hydrogens (primary N) is 1. The first-order valence-corrected chi connectivity index (χ1v) is 5.11. The molecular formula is C11H10N2O4. The molecule has 2 heterocycles. The van der Waals surface area contributed by atoms with Gasteiger partial charge in [-0.15, -0.1) is 0 Å². The van der Waals surface area contributed by atoms with Gasteiger partial charge in [0.05, 0.1) is 5.52 Å². The molecule has 0 saturated heterocycles. The molecule has 0 aliphatic carbocycles. The molecule has 0 saturated carbocycles. The number of benzene rings is 1. The summed E-state index contributed by atoms with van der Waals surface area (Å²) in [7, 11) is 0. The minimum absolute atomic E-state index is 0.0917. The number of aromatic nitrogens is 1. The van der Waals surface area contributed by atoms with Gasteiger partial charge >= 0.3 is 5.97 Å². The Kier molecular flexibility index (Phi) is 1.91. The van der Waals surface area contributed by atoms with Crippen molar-refractivity contribution >= 4 is 22.6 Å². The minimum atomic E-state index is -1.03. The first-order valence-electron chi connectivity index (χ1n) is 5.11. The van der Waals surface area contributed by atoms with Gasteiger partial charge < -0.3 is 25.3 Å². The summed E-state index contributed by atoms with van der Waals surface area (Å²) in [6.07, 6.45) is 0. The predicted molar refractivity (Wildman–Crippen MR) is 60.7 cm³/mol. The van der Waals surface area contributed by atoms with E-state index in [1.54, 1.807) is 6.07 Å². The molecule has 0 radical (unpaired) electrons. The Morgan fingerprint density at radius 3 is 2.88 bits per heavy atom. The van der Waals surface area contributed by atoms with Crippen LogP contribution < -0.4 is 15.2 Å². The lowest BCUT2D eigenvalue weighted by atomic mass is 10.2. The summed E-state index contributed by atoms with van der Waals surface area (Å²) in [5.41, 5.74) is 6.96. The Balaban J connectivity index is 2.28. The predicted octanol–water partition coefficient (Wildman–Crippen LogP) is 1.22. The van der Waals surface area contributed by atoms with E-state index in [0.717, 1.165) is 0 Å². The molecule has 0 atom stereocenters. The Hall–Kier alpha value is -2.37. The van der Waals surface area contributed by atoms with Crippen LogP contribution in [0.1, 0.15) is 10.5 Å². The van der Waals surface area contributed by atoms with E-state index in [-0.39, 0.29) is 5.69 Å². The van der Waals surface area contributed by atoms with Crippen molar-refractivity contribution in [2.45, 2.75) is 0 Å². The summed E-state index contributed by atoms with van der Waals surface area (Å²) in [6.45, 7) is 0.906. The average molecular weight is 234 g/mol. The van der Waals surface area contributed by atoms with Gasteiger partial charge in [-0.3, -0.25) is 0 Å². The molecule has 1 aliphatic heterocycles. The molecule has 1 aliphatic rings. The first kappa shape index (κ1) is 9.83. The van der Waals surface area contributed by atoms with Gasteiger partial charge in [-0.25, -0.2) is 4.79 Å². The van der Waals surface area contributed by atoms with E-state index in [2.05, 4.69) is 4.98 Å². The third kappa shape index (κ3) is 1.37. The number of aromatic carboxylic acids is 1. The molecule has 0 spiro atoms. The number of aromatic amines is 1. The van der Waals surface area contributed by atoms with Crippen molar-refractivity contribution in [1.29, 1.82) is 0 Å². The van der Waals surface area contributed by atoms with E-state index in [0.29, 0.717) is 41.3 Å². The molecule has 0 fully saturated rings. The molecule has 1 aromatic carbocycles. The fourth-order valence-electron chi connectivity index (χ4n) is 1.93. The third-order valence-corrected chi connectivity index (χ3v) is 2.69. The van der Waals surface area contributed by atoms with Gasteiger partial charge in [-0.2, -0.15) is 0 Å². The summed E-state index contributed by atoms with van der Waals surface area (Å²) in [4.78, 5) is 13.6. The second-order valence-electron chi connectivity index (χ2n) is 3.77. The lowest BCUT2D eigenvalue weighted by molar-refractivity contribution is 0.0691. The monoisotopic (exact) mass is 234 g/mol. The normalized spacial score (nSPS) is 13.9. The number of nitrogens with one attached hydrogen (secondary N) is 1.